The lowest BCUT2D eigenvalue weighted by atomic mass is 9.97. The zero-order chi connectivity index (χ0) is 15.4. The summed E-state index contributed by atoms with van der Waals surface area (Å²) in [6.45, 7) is 1.65. The molecular weight excluding hydrogens is 264 g/mol. The number of aromatic amines is 1. The van der Waals surface area contributed by atoms with E-state index in [1.165, 1.54) is 0 Å². The molecule has 0 saturated carbocycles. The molecule has 1 aromatic heterocycles. The number of nitrogens with zero attached hydrogens (tertiary/aromatic N) is 3. The fraction of sp³-hybridized carbons (Fsp3) is 0.125. The maximum absolute atomic E-state index is 12.5. The number of carbonyl (C=O) groups excluding carboxylic acids is 1. The van der Waals surface area contributed by atoms with Gasteiger partial charge in [0.05, 0.1) is 29.0 Å². The number of hydrogen-bond acceptors (Lipinski definition) is 4. The number of aromatic nitrogens is 1. The third kappa shape index (κ3) is 2.39. The van der Waals surface area contributed by atoms with Gasteiger partial charge >= 0.3 is 0 Å². The number of rotatable bonds is 3. The second kappa shape index (κ2) is 5.74. The summed E-state index contributed by atoms with van der Waals surface area (Å²) >= 11 is 0. The predicted molar refractivity (Wildman–Crippen MR) is 74.1 cm³/mol. The van der Waals surface area contributed by atoms with Crippen LogP contribution >= 0.6 is 0 Å². The second-order valence-corrected chi connectivity index (χ2v) is 4.41. The van der Waals surface area contributed by atoms with Gasteiger partial charge in [0.1, 0.15) is 6.07 Å². The topological polar surface area (TPSA) is 104 Å². The lowest BCUT2D eigenvalue weighted by molar-refractivity contribution is 0.103. The Balaban J connectivity index is 2.62. The lowest BCUT2D eigenvalue weighted by Gasteiger charge is -2.01. The first-order chi connectivity index (χ1) is 10.1. The normalized spacial score (nSPS) is 9.67. The van der Waals surface area contributed by atoms with Crippen molar-refractivity contribution >= 4 is 5.78 Å². The van der Waals surface area contributed by atoms with Crippen molar-refractivity contribution in [1.29, 1.82) is 15.8 Å². The maximum atomic E-state index is 12.5. The summed E-state index contributed by atoms with van der Waals surface area (Å²) in [6.07, 6.45) is 0. The van der Waals surface area contributed by atoms with Gasteiger partial charge in [-0.25, -0.2) is 0 Å². The number of hydrogen-bond donors (Lipinski definition) is 1. The van der Waals surface area contributed by atoms with Crippen LogP contribution in [-0.4, -0.2) is 10.8 Å². The van der Waals surface area contributed by atoms with E-state index in [9.17, 15) is 10.1 Å². The molecule has 0 saturated heterocycles. The van der Waals surface area contributed by atoms with E-state index in [4.69, 9.17) is 10.5 Å². The van der Waals surface area contributed by atoms with Crippen molar-refractivity contribution in [1.82, 2.24) is 4.98 Å². The van der Waals surface area contributed by atoms with Crippen LogP contribution in [0.2, 0.25) is 0 Å². The van der Waals surface area contributed by atoms with Gasteiger partial charge < -0.3 is 4.98 Å². The molecule has 100 valence electrons. The molecule has 0 amide bonds. The van der Waals surface area contributed by atoms with Crippen LogP contribution in [0.25, 0.3) is 0 Å². The van der Waals surface area contributed by atoms with Crippen LogP contribution in [-0.2, 0) is 0 Å². The Bertz CT molecular complexity index is 799. The second-order valence-electron chi connectivity index (χ2n) is 4.41. The quantitative estimate of drug-likeness (QED) is 0.868. The molecule has 0 aliphatic carbocycles. The SMILES string of the molecule is Cc1[nH]c(C(C#N)C#N)c(C#N)c1C(=O)c1ccccc1. The molecule has 0 atom stereocenters. The Kier molecular flexibility index (Phi) is 3.84. The number of benzene rings is 1. The van der Waals surface area contributed by atoms with Crippen LogP contribution in [0, 0.1) is 40.9 Å². The summed E-state index contributed by atoms with van der Waals surface area (Å²) in [5.74, 6) is -1.41. The fourth-order valence-electron chi connectivity index (χ4n) is 2.16. The summed E-state index contributed by atoms with van der Waals surface area (Å²) in [6, 6.07) is 14.1. The van der Waals surface area contributed by atoms with E-state index in [1.54, 1.807) is 37.3 Å². The van der Waals surface area contributed by atoms with Gasteiger partial charge in [0.25, 0.3) is 0 Å². The molecule has 1 N–H and O–H groups in total. The van der Waals surface area contributed by atoms with Crippen molar-refractivity contribution in [3.63, 3.8) is 0 Å². The average Bonchev–Trinajstić information content (AvgIpc) is 2.85. The fourth-order valence-corrected chi connectivity index (χ4v) is 2.16. The summed E-state index contributed by atoms with van der Waals surface area (Å²) in [5, 5.41) is 27.2. The van der Waals surface area contributed by atoms with Gasteiger partial charge in [0.2, 0.25) is 0 Å². The average molecular weight is 274 g/mol. The van der Waals surface area contributed by atoms with Gasteiger partial charge in [-0.2, -0.15) is 15.8 Å². The molecule has 5 heteroatoms. The zero-order valence-corrected chi connectivity index (χ0v) is 11.2. The van der Waals surface area contributed by atoms with E-state index >= 15 is 0 Å². The standard InChI is InChI=1S/C16H10N4O/c1-10-14(16(21)11-5-3-2-4-6-11)13(9-19)15(20-10)12(7-17)8-18/h2-6,12,20H,1H3. The van der Waals surface area contributed by atoms with Gasteiger partial charge in [0.15, 0.2) is 11.7 Å². The first-order valence-electron chi connectivity index (χ1n) is 6.15. The first kappa shape index (κ1) is 14.1. The first-order valence-corrected chi connectivity index (χ1v) is 6.15. The third-order valence-electron chi connectivity index (χ3n) is 3.14. The highest BCUT2D eigenvalue weighted by molar-refractivity contribution is 6.11. The Labute approximate surface area is 121 Å². The predicted octanol–water partition coefficient (Wildman–Crippen LogP) is 2.56. The van der Waals surface area contributed by atoms with E-state index in [1.807, 2.05) is 18.2 Å². The Hall–Kier alpha value is -3.36. The number of ketones is 1. The number of aryl methyl sites for hydroxylation is 1. The highest BCUT2D eigenvalue weighted by Gasteiger charge is 2.26. The van der Waals surface area contributed by atoms with Gasteiger partial charge in [-0.05, 0) is 6.92 Å². The van der Waals surface area contributed by atoms with Crippen LogP contribution in [0.15, 0.2) is 30.3 Å². The smallest absolute Gasteiger partial charge is 0.196 e. The van der Waals surface area contributed by atoms with E-state index in [-0.39, 0.29) is 22.6 Å². The van der Waals surface area contributed by atoms with E-state index in [2.05, 4.69) is 4.98 Å². The Morgan fingerprint density at radius 3 is 2.29 bits per heavy atom. The molecule has 5 nitrogen and oxygen atoms in total. The molecule has 0 aliphatic heterocycles. The van der Waals surface area contributed by atoms with Gasteiger partial charge in [-0.15, -0.1) is 0 Å². The highest BCUT2D eigenvalue weighted by Crippen LogP contribution is 2.26. The van der Waals surface area contributed by atoms with Crippen LogP contribution in [0.1, 0.15) is 38.8 Å². The van der Waals surface area contributed by atoms with Crippen molar-refractivity contribution in [2.75, 3.05) is 0 Å². The monoisotopic (exact) mass is 274 g/mol. The number of nitrogens with one attached hydrogen (secondary N) is 1. The van der Waals surface area contributed by atoms with E-state index < -0.39 is 5.92 Å². The maximum Gasteiger partial charge on any atom is 0.196 e. The molecule has 1 aromatic carbocycles. The summed E-state index contributed by atoms with van der Waals surface area (Å²) < 4.78 is 0. The largest absolute Gasteiger partial charge is 0.359 e. The Morgan fingerprint density at radius 2 is 1.76 bits per heavy atom. The molecule has 21 heavy (non-hydrogen) atoms. The molecule has 0 radical (unpaired) electrons. The molecule has 0 spiro atoms. The number of nitriles is 3. The van der Waals surface area contributed by atoms with Crippen molar-refractivity contribution in [2.45, 2.75) is 12.8 Å². The van der Waals surface area contributed by atoms with E-state index in [0.717, 1.165) is 0 Å². The van der Waals surface area contributed by atoms with Crippen molar-refractivity contribution in [2.24, 2.45) is 0 Å². The van der Waals surface area contributed by atoms with Gasteiger partial charge in [-0.3, -0.25) is 4.79 Å². The Morgan fingerprint density at radius 1 is 1.14 bits per heavy atom. The summed E-state index contributed by atoms with van der Waals surface area (Å²) in [5.41, 5.74) is 1.39. The van der Waals surface area contributed by atoms with Crippen molar-refractivity contribution in [3.05, 3.63) is 58.4 Å². The minimum Gasteiger partial charge on any atom is -0.359 e. The van der Waals surface area contributed by atoms with Crippen molar-refractivity contribution < 1.29 is 4.79 Å². The summed E-state index contributed by atoms with van der Waals surface area (Å²) in [7, 11) is 0. The van der Waals surface area contributed by atoms with Crippen LogP contribution in [0.3, 0.4) is 0 Å². The van der Waals surface area contributed by atoms with E-state index in [0.29, 0.717) is 11.3 Å². The highest BCUT2D eigenvalue weighted by atomic mass is 16.1. The molecule has 0 unspecified atom stereocenters. The van der Waals surface area contributed by atoms with Crippen molar-refractivity contribution in [3.8, 4) is 18.2 Å². The number of H-pyrrole nitrogens is 1. The molecule has 0 bridgehead atoms. The molecule has 2 aromatic rings. The minimum atomic E-state index is -1.10. The van der Waals surface area contributed by atoms with Crippen LogP contribution < -0.4 is 0 Å². The lowest BCUT2D eigenvalue weighted by Crippen LogP contribution is -2.04. The number of carbonyl (C=O) groups is 1. The zero-order valence-electron chi connectivity index (χ0n) is 11.2. The molecule has 1 heterocycles. The molecule has 0 aliphatic rings. The van der Waals surface area contributed by atoms with Gasteiger partial charge in [-0.1, -0.05) is 30.3 Å². The molecular formula is C16H10N4O. The van der Waals surface area contributed by atoms with Crippen LogP contribution in [0.5, 0.6) is 0 Å². The van der Waals surface area contributed by atoms with Gasteiger partial charge in [0, 0.05) is 11.3 Å². The molecule has 0 fully saturated rings. The molecule has 2 rings (SSSR count). The summed E-state index contributed by atoms with van der Waals surface area (Å²) in [4.78, 5) is 15.4. The third-order valence-corrected chi connectivity index (χ3v) is 3.14. The van der Waals surface area contributed by atoms with Crippen LogP contribution in [0.4, 0.5) is 0 Å². The minimum absolute atomic E-state index is 0.0643.